The second-order valence-electron chi connectivity index (χ2n) is 7.89. The van der Waals surface area contributed by atoms with E-state index >= 15 is 0 Å². The van der Waals surface area contributed by atoms with E-state index in [1.54, 1.807) is 0 Å². The van der Waals surface area contributed by atoms with E-state index in [2.05, 4.69) is 48.9 Å². The Morgan fingerprint density at radius 3 is 2.44 bits per heavy atom. The van der Waals surface area contributed by atoms with E-state index in [1.165, 1.54) is 5.56 Å². The third-order valence-electron chi connectivity index (χ3n) is 5.04. The quantitative estimate of drug-likeness (QED) is 0.613. The van der Waals surface area contributed by atoms with Gasteiger partial charge in [-0.15, -0.1) is 0 Å². The number of nitrogens with one attached hydrogen (secondary N) is 3. The van der Waals surface area contributed by atoms with Crippen LogP contribution in [0.5, 0.6) is 0 Å². The lowest BCUT2D eigenvalue weighted by atomic mass is 9.87. The van der Waals surface area contributed by atoms with E-state index in [4.69, 9.17) is 0 Å². The highest BCUT2D eigenvalue weighted by molar-refractivity contribution is 5.74. The molecule has 1 aromatic rings. The van der Waals surface area contributed by atoms with Crippen LogP contribution in [0, 0.1) is 5.92 Å². The number of benzene rings is 1. The maximum absolute atomic E-state index is 12.2. The van der Waals surface area contributed by atoms with Crippen LogP contribution in [-0.2, 0) is 0 Å². The lowest BCUT2D eigenvalue weighted by Crippen LogP contribution is -2.53. The summed E-state index contributed by atoms with van der Waals surface area (Å²) in [5.41, 5.74) is 1.03. The summed E-state index contributed by atoms with van der Waals surface area (Å²) in [5.74, 6) is 0.406. The molecule has 1 unspecified atom stereocenters. The summed E-state index contributed by atoms with van der Waals surface area (Å²) < 4.78 is 0. The molecule has 2 rings (SSSR count). The van der Waals surface area contributed by atoms with Gasteiger partial charge in [-0.2, -0.15) is 0 Å². The average Bonchev–Trinajstić information content (AvgIpc) is 2.61. The SMILES string of the molecule is CC(NC(C)(C)CNC(=O)NC1CCC(CO)CC1)c1ccccc1. The predicted octanol–water partition coefficient (Wildman–Crippen LogP) is 2.97. The van der Waals surface area contributed by atoms with Crippen LogP contribution >= 0.6 is 0 Å². The summed E-state index contributed by atoms with van der Waals surface area (Å²) in [6.07, 6.45) is 3.88. The minimum absolute atomic E-state index is 0.102. The number of rotatable bonds is 7. The third kappa shape index (κ3) is 6.67. The number of hydrogen-bond acceptors (Lipinski definition) is 3. The van der Waals surface area contributed by atoms with Gasteiger partial charge in [0.2, 0.25) is 0 Å². The summed E-state index contributed by atoms with van der Waals surface area (Å²) in [5, 5.41) is 18.8. The lowest BCUT2D eigenvalue weighted by Gasteiger charge is -2.32. The zero-order valence-corrected chi connectivity index (χ0v) is 15.7. The number of aliphatic hydroxyl groups excluding tert-OH is 1. The molecule has 1 aliphatic carbocycles. The highest BCUT2D eigenvalue weighted by atomic mass is 16.3. The smallest absolute Gasteiger partial charge is 0.315 e. The molecule has 0 aromatic heterocycles. The molecule has 140 valence electrons. The first-order valence-corrected chi connectivity index (χ1v) is 9.37. The molecular weight excluding hydrogens is 314 g/mol. The number of hydrogen-bond donors (Lipinski definition) is 4. The molecule has 1 aromatic carbocycles. The third-order valence-corrected chi connectivity index (χ3v) is 5.04. The Morgan fingerprint density at radius 2 is 1.84 bits per heavy atom. The molecule has 5 heteroatoms. The van der Waals surface area contributed by atoms with Crippen LogP contribution in [0.2, 0.25) is 0 Å². The van der Waals surface area contributed by atoms with Gasteiger partial charge < -0.3 is 21.1 Å². The monoisotopic (exact) mass is 347 g/mol. The molecule has 5 nitrogen and oxygen atoms in total. The Bertz CT molecular complexity index is 525. The minimum atomic E-state index is -0.207. The standard InChI is InChI=1S/C20H33N3O2/c1-15(17-7-5-4-6-8-17)23-20(2,3)14-21-19(25)22-18-11-9-16(13-24)10-12-18/h4-8,15-16,18,23-24H,9-14H2,1-3H3,(H2,21,22,25). The van der Waals surface area contributed by atoms with Crippen LogP contribution in [0.25, 0.3) is 0 Å². The molecule has 0 saturated heterocycles. The summed E-state index contributed by atoms with van der Waals surface area (Å²) in [6, 6.07) is 10.6. The summed E-state index contributed by atoms with van der Waals surface area (Å²) in [4.78, 5) is 12.2. The van der Waals surface area contributed by atoms with E-state index in [0.717, 1.165) is 25.7 Å². The second-order valence-corrected chi connectivity index (χ2v) is 7.89. The van der Waals surface area contributed by atoms with Gasteiger partial charge in [0, 0.05) is 30.8 Å². The van der Waals surface area contributed by atoms with Gasteiger partial charge in [-0.25, -0.2) is 4.79 Å². The fourth-order valence-electron chi connectivity index (χ4n) is 3.49. The van der Waals surface area contributed by atoms with Crippen molar-refractivity contribution in [2.24, 2.45) is 5.92 Å². The van der Waals surface area contributed by atoms with Gasteiger partial charge >= 0.3 is 6.03 Å². The lowest BCUT2D eigenvalue weighted by molar-refractivity contribution is 0.174. The van der Waals surface area contributed by atoms with Crippen molar-refractivity contribution in [1.29, 1.82) is 0 Å². The number of carbonyl (C=O) groups excluding carboxylic acids is 1. The largest absolute Gasteiger partial charge is 0.396 e. The first-order valence-electron chi connectivity index (χ1n) is 9.37. The molecule has 1 fully saturated rings. The zero-order chi connectivity index (χ0) is 18.3. The molecule has 1 saturated carbocycles. The Kier molecular flexibility index (Phi) is 7.26. The molecule has 0 spiro atoms. The molecule has 0 radical (unpaired) electrons. The normalized spacial score (nSPS) is 22.2. The van der Waals surface area contributed by atoms with Crippen LogP contribution in [0.4, 0.5) is 4.79 Å². The average molecular weight is 348 g/mol. The Labute approximate surface area is 151 Å². The van der Waals surface area contributed by atoms with E-state index in [1.807, 2.05) is 18.2 Å². The molecule has 1 aliphatic rings. The summed E-state index contributed by atoms with van der Waals surface area (Å²) in [6.45, 7) is 7.15. The van der Waals surface area contributed by atoms with Crippen molar-refractivity contribution in [2.45, 2.75) is 64.1 Å². The number of amides is 2. The fourth-order valence-corrected chi connectivity index (χ4v) is 3.49. The van der Waals surface area contributed by atoms with Crippen molar-refractivity contribution >= 4 is 6.03 Å². The van der Waals surface area contributed by atoms with Crippen LogP contribution in [0.15, 0.2) is 30.3 Å². The van der Waals surface area contributed by atoms with Gasteiger partial charge in [0.05, 0.1) is 0 Å². The first kappa shape index (κ1) is 19.7. The van der Waals surface area contributed by atoms with E-state index in [9.17, 15) is 9.90 Å². The molecule has 0 heterocycles. The molecule has 0 aliphatic heterocycles. The van der Waals surface area contributed by atoms with Crippen molar-refractivity contribution < 1.29 is 9.90 Å². The minimum Gasteiger partial charge on any atom is -0.396 e. The second kappa shape index (κ2) is 9.20. The van der Waals surface area contributed by atoms with Crippen molar-refractivity contribution in [3.63, 3.8) is 0 Å². The van der Waals surface area contributed by atoms with Crippen LogP contribution in [-0.4, -0.2) is 35.9 Å². The molecule has 4 N–H and O–H groups in total. The maximum atomic E-state index is 12.2. The highest BCUT2D eigenvalue weighted by Gasteiger charge is 2.24. The molecular formula is C20H33N3O2. The predicted molar refractivity (Wildman–Crippen MR) is 101 cm³/mol. The highest BCUT2D eigenvalue weighted by Crippen LogP contribution is 2.23. The van der Waals surface area contributed by atoms with Crippen LogP contribution < -0.4 is 16.0 Å². The topological polar surface area (TPSA) is 73.4 Å². The van der Waals surface area contributed by atoms with E-state index in [0.29, 0.717) is 12.5 Å². The molecule has 1 atom stereocenters. The van der Waals surface area contributed by atoms with Crippen molar-refractivity contribution in [2.75, 3.05) is 13.2 Å². The van der Waals surface area contributed by atoms with E-state index < -0.39 is 0 Å². The summed E-state index contributed by atoms with van der Waals surface area (Å²) in [7, 11) is 0. The van der Waals surface area contributed by atoms with Gasteiger partial charge in [-0.3, -0.25) is 0 Å². The Balaban J connectivity index is 1.72. The van der Waals surface area contributed by atoms with Crippen molar-refractivity contribution in [3.05, 3.63) is 35.9 Å². The van der Waals surface area contributed by atoms with Gasteiger partial charge in [0.15, 0.2) is 0 Å². The Hall–Kier alpha value is -1.59. The Morgan fingerprint density at radius 1 is 1.20 bits per heavy atom. The summed E-state index contributed by atoms with van der Waals surface area (Å²) >= 11 is 0. The number of urea groups is 1. The van der Waals surface area contributed by atoms with Crippen molar-refractivity contribution in [3.8, 4) is 0 Å². The van der Waals surface area contributed by atoms with E-state index in [-0.39, 0.29) is 30.3 Å². The van der Waals surface area contributed by atoms with Crippen LogP contribution in [0.3, 0.4) is 0 Å². The molecule has 25 heavy (non-hydrogen) atoms. The van der Waals surface area contributed by atoms with Crippen molar-refractivity contribution in [1.82, 2.24) is 16.0 Å². The fraction of sp³-hybridized carbons (Fsp3) is 0.650. The van der Waals surface area contributed by atoms with Gasteiger partial charge in [-0.05, 0) is 57.9 Å². The first-order chi connectivity index (χ1) is 11.9. The van der Waals surface area contributed by atoms with Crippen LogP contribution in [0.1, 0.15) is 58.1 Å². The van der Waals surface area contributed by atoms with Gasteiger partial charge in [0.1, 0.15) is 0 Å². The van der Waals surface area contributed by atoms with Gasteiger partial charge in [-0.1, -0.05) is 30.3 Å². The maximum Gasteiger partial charge on any atom is 0.315 e. The number of carbonyl (C=O) groups is 1. The molecule has 0 bridgehead atoms. The number of aliphatic hydroxyl groups is 1. The van der Waals surface area contributed by atoms with Gasteiger partial charge in [0.25, 0.3) is 0 Å². The zero-order valence-electron chi connectivity index (χ0n) is 15.7. The molecule has 2 amide bonds.